The van der Waals surface area contributed by atoms with Crippen LogP contribution < -0.4 is 10.1 Å². The molecule has 0 aliphatic rings. The van der Waals surface area contributed by atoms with Crippen molar-refractivity contribution in [1.29, 1.82) is 0 Å². The van der Waals surface area contributed by atoms with Gasteiger partial charge >= 0.3 is 0 Å². The van der Waals surface area contributed by atoms with Gasteiger partial charge in [0.2, 0.25) is 0 Å². The van der Waals surface area contributed by atoms with Crippen LogP contribution >= 0.6 is 27.5 Å². The van der Waals surface area contributed by atoms with Crippen LogP contribution in [0.3, 0.4) is 0 Å². The van der Waals surface area contributed by atoms with Crippen LogP contribution in [0.2, 0.25) is 5.02 Å². The number of hydrogen-bond donors (Lipinski definition) is 1. The molecule has 20 heavy (non-hydrogen) atoms. The number of nitrogens with one attached hydrogen (secondary N) is 1. The zero-order valence-corrected chi connectivity index (χ0v) is 14.0. The molecule has 0 fully saturated rings. The average molecular weight is 355 g/mol. The van der Waals surface area contributed by atoms with E-state index < -0.39 is 0 Å². The highest BCUT2D eigenvalue weighted by Gasteiger charge is 2.12. The first-order valence-corrected chi connectivity index (χ1v) is 7.55. The highest BCUT2D eigenvalue weighted by Crippen LogP contribution is 2.34. The van der Waals surface area contributed by atoms with E-state index in [1.54, 1.807) is 7.11 Å². The average Bonchev–Trinajstić information content (AvgIpc) is 2.43. The first-order valence-electron chi connectivity index (χ1n) is 6.38. The molecule has 2 aromatic rings. The summed E-state index contributed by atoms with van der Waals surface area (Å²) in [5.74, 6) is 0.750. The molecule has 0 heterocycles. The molecule has 0 saturated heterocycles. The van der Waals surface area contributed by atoms with E-state index in [0.717, 1.165) is 21.5 Å². The molecule has 0 saturated carbocycles. The first kappa shape index (κ1) is 15.2. The van der Waals surface area contributed by atoms with Gasteiger partial charge in [-0.05, 0) is 37.1 Å². The van der Waals surface area contributed by atoms with Gasteiger partial charge in [-0.1, -0.05) is 45.7 Å². The van der Waals surface area contributed by atoms with Crippen molar-refractivity contribution in [3.8, 4) is 5.75 Å². The number of ether oxygens (including phenoxy) is 1. The van der Waals surface area contributed by atoms with Crippen LogP contribution in [-0.4, -0.2) is 7.11 Å². The molecule has 106 valence electrons. The van der Waals surface area contributed by atoms with Crippen molar-refractivity contribution >= 4 is 33.2 Å². The van der Waals surface area contributed by atoms with Gasteiger partial charge < -0.3 is 10.1 Å². The Kier molecular flexibility index (Phi) is 4.95. The van der Waals surface area contributed by atoms with Crippen molar-refractivity contribution in [1.82, 2.24) is 0 Å². The van der Waals surface area contributed by atoms with E-state index in [0.29, 0.717) is 5.02 Å². The minimum atomic E-state index is 0.153. The predicted molar refractivity (Wildman–Crippen MR) is 88.9 cm³/mol. The van der Waals surface area contributed by atoms with Gasteiger partial charge in [-0.25, -0.2) is 0 Å². The Morgan fingerprint density at radius 1 is 1.25 bits per heavy atom. The van der Waals surface area contributed by atoms with E-state index in [1.165, 1.54) is 5.56 Å². The molecule has 0 aliphatic heterocycles. The van der Waals surface area contributed by atoms with Gasteiger partial charge in [0.05, 0.1) is 12.8 Å². The van der Waals surface area contributed by atoms with E-state index in [1.807, 2.05) is 37.3 Å². The van der Waals surface area contributed by atoms with Gasteiger partial charge in [-0.3, -0.25) is 0 Å². The van der Waals surface area contributed by atoms with Gasteiger partial charge in [-0.15, -0.1) is 0 Å². The monoisotopic (exact) mass is 353 g/mol. The summed E-state index contributed by atoms with van der Waals surface area (Å²) in [5, 5.41) is 4.18. The summed E-state index contributed by atoms with van der Waals surface area (Å²) in [4.78, 5) is 0. The van der Waals surface area contributed by atoms with Crippen molar-refractivity contribution in [3.05, 3.63) is 57.0 Å². The van der Waals surface area contributed by atoms with Crippen molar-refractivity contribution < 1.29 is 4.74 Å². The fourth-order valence-electron chi connectivity index (χ4n) is 2.08. The van der Waals surface area contributed by atoms with Crippen molar-refractivity contribution in [2.45, 2.75) is 19.9 Å². The van der Waals surface area contributed by atoms with Crippen LogP contribution in [0.4, 0.5) is 5.69 Å². The predicted octanol–water partition coefficient (Wildman–Crippen LogP) is 5.59. The minimum Gasteiger partial charge on any atom is -0.495 e. The Balaban J connectivity index is 2.30. The summed E-state index contributed by atoms with van der Waals surface area (Å²) in [7, 11) is 1.65. The highest BCUT2D eigenvalue weighted by molar-refractivity contribution is 9.10. The van der Waals surface area contributed by atoms with Crippen LogP contribution in [0.25, 0.3) is 0 Å². The number of aryl methyl sites for hydroxylation is 1. The van der Waals surface area contributed by atoms with Crippen LogP contribution in [0.5, 0.6) is 5.75 Å². The smallest absolute Gasteiger partial charge is 0.143 e. The summed E-state index contributed by atoms with van der Waals surface area (Å²) < 4.78 is 6.48. The maximum absolute atomic E-state index is 6.13. The molecule has 2 aromatic carbocycles. The Morgan fingerprint density at radius 2 is 1.95 bits per heavy atom. The molecule has 1 N–H and O–H groups in total. The molecule has 1 unspecified atom stereocenters. The van der Waals surface area contributed by atoms with Gasteiger partial charge in [0, 0.05) is 21.6 Å². The van der Waals surface area contributed by atoms with Crippen LogP contribution in [-0.2, 0) is 0 Å². The van der Waals surface area contributed by atoms with Crippen molar-refractivity contribution in [3.63, 3.8) is 0 Å². The first-order chi connectivity index (χ1) is 9.52. The summed E-state index contributed by atoms with van der Waals surface area (Å²) >= 11 is 9.71. The third-order valence-corrected chi connectivity index (χ3v) is 4.35. The van der Waals surface area contributed by atoms with E-state index in [2.05, 4.69) is 34.2 Å². The standard InChI is InChI=1S/C16H17BrClNO/c1-10-8-15(16(20-3)9-14(10)18)19-11(2)12-6-4-5-7-13(12)17/h4-9,11,19H,1-3H3. The van der Waals surface area contributed by atoms with Crippen LogP contribution in [0, 0.1) is 6.92 Å². The third kappa shape index (κ3) is 3.28. The van der Waals surface area contributed by atoms with Gasteiger partial charge in [0.25, 0.3) is 0 Å². The van der Waals surface area contributed by atoms with Crippen LogP contribution in [0.1, 0.15) is 24.1 Å². The van der Waals surface area contributed by atoms with Gasteiger partial charge in [0.15, 0.2) is 0 Å². The van der Waals surface area contributed by atoms with Crippen LogP contribution in [0.15, 0.2) is 40.9 Å². The van der Waals surface area contributed by atoms with Crippen molar-refractivity contribution in [2.75, 3.05) is 12.4 Å². The summed E-state index contributed by atoms with van der Waals surface area (Å²) in [6.45, 7) is 4.10. The second kappa shape index (κ2) is 6.51. The Hall–Kier alpha value is -1.19. The third-order valence-electron chi connectivity index (χ3n) is 3.22. The molecular formula is C16H17BrClNO. The van der Waals surface area contributed by atoms with Crippen molar-refractivity contribution in [2.24, 2.45) is 0 Å². The zero-order chi connectivity index (χ0) is 14.7. The topological polar surface area (TPSA) is 21.3 Å². The largest absolute Gasteiger partial charge is 0.495 e. The van der Waals surface area contributed by atoms with E-state index in [-0.39, 0.29) is 6.04 Å². The summed E-state index contributed by atoms with van der Waals surface area (Å²) in [6, 6.07) is 12.2. The maximum Gasteiger partial charge on any atom is 0.143 e. The summed E-state index contributed by atoms with van der Waals surface area (Å²) in [6.07, 6.45) is 0. The van der Waals surface area contributed by atoms with E-state index in [9.17, 15) is 0 Å². The molecule has 0 aromatic heterocycles. The van der Waals surface area contributed by atoms with E-state index >= 15 is 0 Å². The molecule has 2 rings (SSSR count). The lowest BCUT2D eigenvalue weighted by molar-refractivity contribution is 0.416. The lowest BCUT2D eigenvalue weighted by Crippen LogP contribution is -2.08. The molecule has 1 atom stereocenters. The number of hydrogen-bond acceptors (Lipinski definition) is 2. The normalized spacial score (nSPS) is 12.1. The number of rotatable bonds is 4. The second-order valence-corrected chi connectivity index (χ2v) is 5.95. The Bertz CT molecular complexity index is 615. The molecule has 0 aliphatic carbocycles. The quantitative estimate of drug-likeness (QED) is 0.772. The minimum absolute atomic E-state index is 0.153. The van der Waals surface area contributed by atoms with Gasteiger partial charge in [-0.2, -0.15) is 0 Å². The highest BCUT2D eigenvalue weighted by atomic mass is 79.9. The fourth-order valence-corrected chi connectivity index (χ4v) is 2.86. The molecule has 4 heteroatoms. The molecule has 0 spiro atoms. The maximum atomic E-state index is 6.13. The number of methoxy groups -OCH3 is 1. The number of halogens is 2. The molecular weight excluding hydrogens is 338 g/mol. The molecule has 0 radical (unpaired) electrons. The second-order valence-electron chi connectivity index (χ2n) is 4.69. The number of anilines is 1. The molecule has 0 amide bonds. The molecule has 2 nitrogen and oxygen atoms in total. The number of benzene rings is 2. The lowest BCUT2D eigenvalue weighted by atomic mass is 10.1. The molecule has 0 bridgehead atoms. The fraction of sp³-hybridized carbons (Fsp3) is 0.250. The Morgan fingerprint density at radius 3 is 2.60 bits per heavy atom. The zero-order valence-electron chi connectivity index (χ0n) is 11.7. The van der Waals surface area contributed by atoms with Gasteiger partial charge in [0.1, 0.15) is 5.75 Å². The SMILES string of the molecule is COc1cc(Cl)c(C)cc1NC(C)c1ccccc1Br. The summed E-state index contributed by atoms with van der Waals surface area (Å²) in [5.41, 5.74) is 3.16. The lowest BCUT2D eigenvalue weighted by Gasteiger charge is -2.20. The Labute approximate surface area is 133 Å². The van der Waals surface area contributed by atoms with E-state index in [4.69, 9.17) is 16.3 Å².